The summed E-state index contributed by atoms with van der Waals surface area (Å²) >= 11 is 0. The second kappa shape index (κ2) is 9.83. The highest BCUT2D eigenvalue weighted by Crippen LogP contribution is 2.15. The van der Waals surface area contributed by atoms with E-state index in [1.54, 1.807) is 0 Å². The van der Waals surface area contributed by atoms with Gasteiger partial charge in [-0.25, -0.2) is 18.8 Å². The van der Waals surface area contributed by atoms with E-state index >= 15 is 0 Å². The number of hydrogen-bond donors (Lipinski definition) is 1. The van der Waals surface area contributed by atoms with Crippen molar-refractivity contribution in [2.24, 2.45) is 0 Å². The summed E-state index contributed by atoms with van der Waals surface area (Å²) in [6.45, 7) is 6.42. The minimum Gasteiger partial charge on any atom is -0.460 e. The van der Waals surface area contributed by atoms with Crippen LogP contribution in [0.1, 0.15) is 20.8 Å². The fraction of sp³-hybridized carbons (Fsp3) is 0.562. The van der Waals surface area contributed by atoms with Gasteiger partial charge in [-0.2, -0.15) is 8.78 Å². The molecule has 7 nitrogen and oxygen atoms in total. The molecule has 0 aliphatic rings. The SMILES string of the molecule is C=C(C)C(=O)OCC(C)(COC(=O)C(=C)C)NC(=O)OCC(F)(F)CF. The Morgan fingerprint density at radius 3 is 1.69 bits per heavy atom. The molecule has 0 radical (unpaired) electrons. The lowest BCUT2D eigenvalue weighted by Gasteiger charge is -2.29. The summed E-state index contributed by atoms with van der Waals surface area (Å²) in [5.41, 5.74) is -1.34. The van der Waals surface area contributed by atoms with Gasteiger partial charge in [-0.3, -0.25) is 0 Å². The Labute approximate surface area is 149 Å². The third-order valence-corrected chi connectivity index (χ3v) is 2.75. The highest BCUT2D eigenvalue weighted by molar-refractivity contribution is 5.87. The molecule has 0 aromatic carbocycles. The first kappa shape index (κ1) is 23.5. The van der Waals surface area contributed by atoms with Gasteiger partial charge < -0.3 is 19.5 Å². The van der Waals surface area contributed by atoms with Crippen LogP contribution in [0.3, 0.4) is 0 Å². The van der Waals surface area contributed by atoms with Crippen molar-refractivity contribution in [1.29, 1.82) is 0 Å². The molecular formula is C16H22F3NO6. The number of carbonyl (C=O) groups excluding carboxylic acids is 3. The number of alkyl carbamates (subject to hydrolysis) is 1. The molecule has 0 unspecified atom stereocenters. The molecule has 0 aliphatic carbocycles. The van der Waals surface area contributed by atoms with Crippen LogP contribution >= 0.6 is 0 Å². The first-order valence-electron chi connectivity index (χ1n) is 7.36. The third-order valence-electron chi connectivity index (χ3n) is 2.75. The van der Waals surface area contributed by atoms with Crippen LogP contribution in [-0.2, 0) is 23.8 Å². The van der Waals surface area contributed by atoms with E-state index in [2.05, 4.69) is 23.2 Å². The maximum atomic E-state index is 12.8. The van der Waals surface area contributed by atoms with Crippen molar-refractivity contribution in [3.05, 3.63) is 24.3 Å². The van der Waals surface area contributed by atoms with E-state index in [1.807, 2.05) is 0 Å². The van der Waals surface area contributed by atoms with Crippen LogP contribution in [0, 0.1) is 0 Å². The zero-order valence-electron chi connectivity index (χ0n) is 14.8. The number of amides is 1. The third kappa shape index (κ3) is 9.09. The number of alkyl halides is 3. The summed E-state index contributed by atoms with van der Waals surface area (Å²) in [4.78, 5) is 34.7. The Hall–Kier alpha value is -2.52. The Morgan fingerprint density at radius 1 is 0.923 bits per heavy atom. The van der Waals surface area contributed by atoms with Crippen LogP contribution in [0.5, 0.6) is 0 Å². The molecule has 0 fully saturated rings. The van der Waals surface area contributed by atoms with E-state index in [-0.39, 0.29) is 11.1 Å². The molecule has 0 aromatic rings. The van der Waals surface area contributed by atoms with Gasteiger partial charge in [-0.1, -0.05) is 13.2 Å². The number of carbonyl (C=O) groups is 3. The van der Waals surface area contributed by atoms with Crippen LogP contribution in [0.4, 0.5) is 18.0 Å². The van der Waals surface area contributed by atoms with Crippen molar-refractivity contribution in [1.82, 2.24) is 5.32 Å². The van der Waals surface area contributed by atoms with E-state index in [9.17, 15) is 27.6 Å². The second-order valence-corrected chi connectivity index (χ2v) is 5.96. The molecule has 0 aromatic heterocycles. The van der Waals surface area contributed by atoms with Gasteiger partial charge in [0.05, 0.1) is 0 Å². The number of ether oxygens (including phenoxy) is 3. The molecular weight excluding hydrogens is 359 g/mol. The normalized spacial score (nSPS) is 11.3. The topological polar surface area (TPSA) is 90.9 Å². The molecule has 0 spiro atoms. The van der Waals surface area contributed by atoms with Crippen molar-refractivity contribution >= 4 is 18.0 Å². The number of esters is 2. The molecule has 10 heteroatoms. The van der Waals surface area contributed by atoms with Gasteiger partial charge in [0, 0.05) is 11.1 Å². The van der Waals surface area contributed by atoms with Crippen LogP contribution < -0.4 is 5.32 Å². The van der Waals surface area contributed by atoms with Crippen LogP contribution in [0.15, 0.2) is 24.3 Å². The van der Waals surface area contributed by atoms with Crippen molar-refractivity contribution in [3.8, 4) is 0 Å². The molecule has 0 atom stereocenters. The van der Waals surface area contributed by atoms with Crippen molar-refractivity contribution in [3.63, 3.8) is 0 Å². The summed E-state index contributed by atoms with van der Waals surface area (Å²) < 4.78 is 51.7. The summed E-state index contributed by atoms with van der Waals surface area (Å²) in [7, 11) is 0. The van der Waals surface area contributed by atoms with E-state index in [0.717, 1.165) is 0 Å². The van der Waals surface area contributed by atoms with Crippen LogP contribution in [0.2, 0.25) is 0 Å². The zero-order valence-corrected chi connectivity index (χ0v) is 14.8. The summed E-state index contributed by atoms with van der Waals surface area (Å²) in [5.74, 6) is -5.38. The largest absolute Gasteiger partial charge is 0.460 e. The average Bonchev–Trinajstić information content (AvgIpc) is 2.55. The van der Waals surface area contributed by atoms with Crippen molar-refractivity contribution in [2.75, 3.05) is 26.5 Å². The lowest BCUT2D eigenvalue weighted by molar-refractivity contribution is -0.145. The van der Waals surface area contributed by atoms with E-state index in [4.69, 9.17) is 9.47 Å². The minimum absolute atomic E-state index is 0.0800. The summed E-state index contributed by atoms with van der Waals surface area (Å²) in [5, 5.41) is 2.15. The fourth-order valence-corrected chi connectivity index (χ4v) is 1.30. The van der Waals surface area contributed by atoms with Crippen molar-refractivity contribution in [2.45, 2.75) is 32.2 Å². The van der Waals surface area contributed by atoms with Crippen molar-refractivity contribution < 1.29 is 41.8 Å². The van der Waals surface area contributed by atoms with Gasteiger partial charge in [-0.05, 0) is 20.8 Å². The predicted octanol–water partition coefficient (Wildman–Crippen LogP) is 2.31. The first-order chi connectivity index (χ1) is 11.8. The molecule has 148 valence electrons. The van der Waals surface area contributed by atoms with Crippen LogP contribution in [-0.4, -0.2) is 56.0 Å². The molecule has 0 bridgehead atoms. The highest BCUT2D eigenvalue weighted by atomic mass is 19.3. The Bertz CT molecular complexity index is 546. The smallest absolute Gasteiger partial charge is 0.408 e. The van der Waals surface area contributed by atoms with E-state index < -0.39 is 56.0 Å². The fourth-order valence-electron chi connectivity index (χ4n) is 1.30. The summed E-state index contributed by atoms with van der Waals surface area (Å²) in [6, 6.07) is 0. The van der Waals surface area contributed by atoms with Gasteiger partial charge in [0.1, 0.15) is 18.8 Å². The number of hydrogen-bond acceptors (Lipinski definition) is 6. The lowest BCUT2D eigenvalue weighted by Crippen LogP contribution is -2.54. The Morgan fingerprint density at radius 2 is 1.35 bits per heavy atom. The molecule has 0 saturated heterocycles. The van der Waals surface area contributed by atoms with Gasteiger partial charge >= 0.3 is 24.0 Å². The highest BCUT2D eigenvalue weighted by Gasteiger charge is 2.34. The maximum absolute atomic E-state index is 12.8. The molecule has 0 rings (SSSR count). The standard InChI is InChI=1S/C16H22F3NO6/c1-10(2)12(21)24-7-15(5,8-25-13(22)11(3)4)20-14(23)26-9-16(18,19)6-17/h1,3,6-9H2,2,4-5H3,(H,20,23). The quantitative estimate of drug-likeness (QED) is 0.355. The van der Waals surface area contributed by atoms with Gasteiger partial charge in [0.15, 0.2) is 13.3 Å². The molecule has 26 heavy (non-hydrogen) atoms. The Kier molecular flexibility index (Phi) is 8.88. The maximum Gasteiger partial charge on any atom is 0.408 e. The number of halogens is 3. The zero-order chi connectivity index (χ0) is 20.5. The molecule has 0 saturated carbocycles. The Balaban J connectivity index is 4.97. The molecule has 0 aliphatic heterocycles. The first-order valence-corrected chi connectivity index (χ1v) is 7.36. The minimum atomic E-state index is -3.83. The van der Waals surface area contributed by atoms with Gasteiger partial charge in [-0.15, -0.1) is 0 Å². The summed E-state index contributed by atoms with van der Waals surface area (Å²) in [6.07, 6.45) is -1.33. The number of nitrogens with one attached hydrogen (secondary N) is 1. The molecule has 0 heterocycles. The predicted molar refractivity (Wildman–Crippen MR) is 85.4 cm³/mol. The molecule has 1 amide bonds. The second-order valence-electron chi connectivity index (χ2n) is 5.96. The van der Waals surface area contributed by atoms with Gasteiger partial charge in [0.2, 0.25) is 0 Å². The molecule has 1 N–H and O–H groups in total. The van der Waals surface area contributed by atoms with Crippen LogP contribution in [0.25, 0.3) is 0 Å². The monoisotopic (exact) mass is 381 g/mol. The van der Waals surface area contributed by atoms with E-state index in [0.29, 0.717) is 0 Å². The lowest BCUT2D eigenvalue weighted by atomic mass is 10.1. The van der Waals surface area contributed by atoms with Gasteiger partial charge in [0.25, 0.3) is 0 Å². The average molecular weight is 381 g/mol. The number of rotatable bonds is 10. The van der Waals surface area contributed by atoms with E-state index in [1.165, 1.54) is 20.8 Å².